The number of hydrogen-bond donors (Lipinski definition) is 0. The first-order valence-electron chi connectivity index (χ1n) is 6.02. The molecule has 0 aliphatic rings. The Kier molecular flexibility index (Phi) is 4.03. The van der Waals surface area contributed by atoms with Crippen LogP contribution in [0.2, 0.25) is 0 Å². The van der Waals surface area contributed by atoms with Crippen LogP contribution in [0.3, 0.4) is 0 Å². The van der Waals surface area contributed by atoms with Gasteiger partial charge in [-0.15, -0.1) is 11.6 Å². The molecule has 0 heterocycles. The second kappa shape index (κ2) is 5.53. The minimum Gasteiger partial charge on any atom is -0.207 e. The zero-order valence-electron chi connectivity index (χ0n) is 10.6. The molecular formula is C16H16ClF. The van der Waals surface area contributed by atoms with Gasteiger partial charge in [-0.25, -0.2) is 4.39 Å². The minimum absolute atomic E-state index is 0.118. The molecule has 2 heteroatoms. The maximum atomic E-state index is 13.1. The molecule has 94 valence electrons. The highest BCUT2D eigenvalue weighted by Gasteiger charge is 2.11. The molecule has 2 aromatic carbocycles. The topological polar surface area (TPSA) is 0 Å². The van der Waals surface area contributed by atoms with E-state index in [4.69, 9.17) is 11.6 Å². The van der Waals surface area contributed by atoms with E-state index in [0.29, 0.717) is 6.42 Å². The molecule has 2 rings (SSSR count). The van der Waals surface area contributed by atoms with E-state index in [2.05, 4.69) is 32.0 Å². The Hall–Kier alpha value is -1.34. The smallest absolute Gasteiger partial charge is 0.123 e. The van der Waals surface area contributed by atoms with Gasteiger partial charge in [0.2, 0.25) is 0 Å². The van der Waals surface area contributed by atoms with E-state index in [1.54, 1.807) is 12.1 Å². The van der Waals surface area contributed by atoms with Crippen LogP contribution in [0, 0.1) is 19.7 Å². The summed E-state index contributed by atoms with van der Waals surface area (Å²) in [7, 11) is 0. The predicted octanol–water partition coefficient (Wildman–Crippen LogP) is 4.97. The number of alkyl halides is 1. The third-order valence-corrected chi connectivity index (χ3v) is 3.46. The number of halogens is 2. The SMILES string of the molecule is Cc1ccc(C(Cl)Cc2cccc(F)c2)c(C)c1. The molecule has 1 atom stereocenters. The van der Waals surface area contributed by atoms with Crippen LogP contribution in [0.5, 0.6) is 0 Å². The van der Waals surface area contributed by atoms with E-state index < -0.39 is 0 Å². The van der Waals surface area contributed by atoms with E-state index >= 15 is 0 Å². The van der Waals surface area contributed by atoms with Gasteiger partial charge >= 0.3 is 0 Å². The van der Waals surface area contributed by atoms with Gasteiger partial charge in [0, 0.05) is 0 Å². The van der Waals surface area contributed by atoms with Gasteiger partial charge in [0.25, 0.3) is 0 Å². The largest absolute Gasteiger partial charge is 0.207 e. The molecule has 18 heavy (non-hydrogen) atoms. The lowest BCUT2D eigenvalue weighted by Crippen LogP contribution is -1.99. The number of aryl methyl sites for hydroxylation is 2. The zero-order valence-corrected chi connectivity index (χ0v) is 11.3. The fourth-order valence-corrected chi connectivity index (χ4v) is 2.58. The average molecular weight is 263 g/mol. The van der Waals surface area contributed by atoms with Crippen LogP contribution in [0.15, 0.2) is 42.5 Å². The summed E-state index contributed by atoms with van der Waals surface area (Å²) in [4.78, 5) is 0. The highest BCUT2D eigenvalue weighted by Crippen LogP contribution is 2.28. The van der Waals surface area contributed by atoms with Crippen molar-refractivity contribution in [1.82, 2.24) is 0 Å². The molecule has 0 saturated carbocycles. The Morgan fingerprint density at radius 3 is 2.56 bits per heavy atom. The van der Waals surface area contributed by atoms with Crippen LogP contribution < -0.4 is 0 Å². The molecule has 0 aliphatic carbocycles. The van der Waals surface area contributed by atoms with E-state index in [1.807, 2.05) is 6.07 Å². The molecule has 1 unspecified atom stereocenters. The second-order valence-electron chi connectivity index (χ2n) is 4.66. The van der Waals surface area contributed by atoms with Crippen LogP contribution in [0.4, 0.5) is 4.39 Å². The highest BCUT2D eigenvalue weighted by atomic mass is 35.5. The fourth-order valence-electron chi connectivity index (χ4n) is 2.16. The van der Waals surface area contributed by atoms with E-state index in [0.717, 1.165) is 11.1 Å². The first-order chi connectivity index (χ1) is 8.56. The number of rotatable bonds is 3. The number of hydrogen-bond acceptors (Lipinski definition) is 0. The van der Waals surface area contributed by atoms with E-state index in [1.165, 1.54) is 17.2 Å². The molecule has 0 radical (unpaired) electrons. The van der Waals surface area contributed by atoms with Gasteiger partial charge in [0.1, 0.15) is 5.82 Å². The Morgan fingerprint density at radius 1 is 1.11 bits per heavy atom. The lowest BCUT2D eigenvalue weighted by molar-refractivity contribution is 0.625. The Bertz CT molecular complexity index is 549. The molecule has 0 amide bonds. The number of benzene rings is 2. The van der Waals surface area contributed by atoms with Crippen molar-refractivity contribution >= 4 is 11.6 Å². The van der Waals surface area contributed by atoms with Gasteiger partial charge in [0.05, 0.1) is 5.38 Å². The lowest BCUT2D eigenvalue weighted by atomic mass is 9.98. The lowest BCUT2D eigenvalue weighted by Gasteiger charge is -2.13. The zero-order chi connectivity index (χ0) is 13.1. The van der Waals surface area contributed by atoms with Crippen molar-refractivity contribution in [2.75, 3.05) is 0 Å². The van der Waals surface area contributed by atoms with Crippen LogP contribution in [-0.2, 0) is 6.42 Å². The Balaban J connectivity index is 2.19. The Morgan fingerprint density at radius 2 is 1.89 bits per heavy atom. The molecule has 0 N–H and O–H groups in total. The molecule has 0 saturated heterocycles. The van der Waals surface area contributed by atoms with Crippen molar-refractivity contribution in [1.29, 1.82) is 0 Å². The Labute approximate surface area is 112 Å². The summed E-state index contributed by atoms with van der Waals surface area (Å²) in [5.41, 5.74) is 4.46. The van der Waals surface area contributed by atoms with Crippen LogP contribution in [0.25, 0.3) is 0 Å². The van der Waals surface area contributed by atoms with Crippen LogP contribution >= 0.6 is 11.6 Å². The summed E-state index contributed by atoms with van der Waals surface area (Å²) in [6.45, 7) is 4.12. The molecule has 2 aromatic rings. The summed E-state index contributed by atoms with van der Waals surface area (Å²) >= 11 is 6.43. The van der Waals surface area contributed by atoms with Gasteiger partial charge in [-0.05, 0) is 49.1 Å². The maximum Gasteiger partial charge on any atom is 0.123 e. The molecule has 0 fully saturated rings. The summed E-state index contributed by atoms with van der Waals surface area (Å²) in [6, 6.07) is 12.8. The summed E-state index contributed by atoms with van der Waals surface area (Å²) in [6.07, 6.45) is 0.642. The molecule has 0 spiro atoms. The minimum atomic E-state index is -0.211. The summed E-state index contributed by atoms with van der Waals surface area (Å²) in [5.74, 6) is -0.211. The average Bonchev–Trinajstić information content (AvgIpc) is 2.28. The third kappa shape index (κ3) is 3.11. The van der Waals surface area contributed by atoms with Gasteiger partial charge in [-0.2, -0.15) is 0 Å². The molecule has 0 nitrogen and oxygen atoms in total. The van der Waals surface area contributed by atoms with Crippen molar-refractivity contribution in [2.45, 2.75) is 25.6 Å². The molecule has 0 aliphatic heterocycles. The first kappa shape index (κ1) is 13.1. The van der Waals surface area contributed by atoms with Crippen molar-refractivity contribution in [3.8, 4) is 0 Å². The quantitative estimate of drug-likeness (QED) is 0.686. The predicted molar refractivity (Wildman–Crippen MR) is 74.6 cm³/mol. The maximum absolute atomic E-state index is 13.1. The molecule has 0 aromatic heterocycles. The summed E-state index contributed by atoms with van der Waals surface area (Å²) in [5, 5.41) is -0.118. The monoisotopic (exact) mass is 262 g/mol. The van der Waals surface area contributed by atoms with Gasteiger partial charge < -0.3 is 0 Å². The molecule has 0 bridgehead atoms. The van der Waals surface area contributed by atoms with Crippen molar-refractivity contribution in [3.63, 3.8) is 0 Å². The molecular weight excluding hydrogens is 247 g/mol. The third-order valence-electron chi connectivity index (χ3n) is 3.07. The normalized spacial score (nSPS) is 12.4. The van der Waals surface area contributed by atoms with Gasteiger partial charge in [-0.3, -0.25) is 0 Å². The fraction of sp³-hybridized carbons (Fsp3) is 0.250. The standard InChI is InChI=1S/C16H16ClF/c1-11-6-7-15(12(2)8-11)16(17)10-13-4-3-5-14(18)9-13/h3-9,16H,10H2,1-2H3. The van der Waals surface area contributed by atoms with Gasteiger partial charge in [0.15, 0.2) is 0 Å². The highest BCUT2D eigenvalue weighted by molar-refractivity contribution is 6.21. The van der Waals surface area contributed by atoms with Crippen molar-refractivity contribution < 1.29 is 4.39 Å². The first-order valence-corrected chi connectivity index (χ1v) is 6.45. The van der Waals surface area contributed by atoms with Crippen LogP contribution in [0.1, 0.15) is 27.6 Å². The van der Waals surface area contributed by atoms with E-state index in [-0.39, 0.29) is 11.2 Å². The van der Waals surface area contributed by atoms with E-state index in [9.17, 15) is 4.39 Å². The van der Waals surface area contributed by atoms with Crippen LogP contribution in [-0.4, -0.2) is 0 Å². The van der Waals surface area contributed by atoms with Crippen molar-refractivity contribution in [2.24, 2.45) is 0 Å². The second-order valence-corrected chi connectivity index (χ2v) is 5.19. The summed E-state index contributed by atoms with van der Waals surface area (Å²) < 4.78 is 13.1. The van der Waals surface area contributed by atoms with Crippen molar-refractivity contribution in [3.05, 3.63) is 70.5 Å². The van der Waals surface area contributed by atoms with Gasteiger partial charge in [-0.1, -0.05) is 35.9 Å².